The number of cyclic esters (lactones) is 1. The van der Waals surface area contributed by atoms with E-state index in [1.807, 2.05) is 19.1 Å². The van der Waals surface area contributed by atoms with Gasteiger partial charge in [0, 0.05) is 31.1 Å². The first-order chi connectivity index (χ1) is 31.6. The van der Waals surface area contributed by atoms with Crippen molar-refractivity contribution in [3.8, 4) is 0 Å². The zero-order chi connectivity index (χ0) is 48.7. The third kappa shape index (κ3) is 24.6. The summed E-state index contributed by atoms with van der Waals surface area (Å²) in [6.07, 6.45) is 13.5. The van der Waals surface area contributed by atoms with Gasteiger partial charge in [-0.25, -0.2) is 4.57 Å². The van der Waals surface area contributed by atoms with Crippen LogP contribution in [0.1, 0.15) is 149 Å². The van der Waals surface area contributed by atoms with E-state index in [2.05, 4.69) is 31.2 Å². The van der Waals surface area contributed by atoms with E-state index in [0.29, 0.717) is 32.1 Å². The molecular formula is C49H83O16P. The van der Waals surface area contributed by atoms with Crippen LogP contribution in [0.2, 0.25) is 0 Å². The molecule has 0 amide bonds. The molecular weight excluding hydrogens is 875 g/mol. The number of aliphatic hydroxyl groups is 8. The summed E-state index contributed by atoms with van der Waals surface area (Å²) in [7, 11) is -5.45. The van der Waals surface area contributed by atoms with E-state index in [4.69, 9.17) is 18.5 Å². The fraction of sp³-hybridized carbons (Fsp3) is 0.755. The molecule has 0 aromatic rings. The molecule has 0 saturated heterocycles. The second-order valence-corrected chi connectivity index (χ2v) is 19.0. The first-order valence-corrected chi connectivity index (χ1v) is 25.8. The number of esters is 2. The molecule has 66 heavy (non-hydrogen) atoms. The number of rotatable bonds is 23. The largest absolute Gasteiger partial charge is 0.472 e. The van der Waals surface area contributed by atoms with Crippen molar-refractivity contribution in [2.24, 2.45) is 11.8 Å². The Morgan fingerprint density at radius 2 is 1.41 bits per heavy atom. The van der Waals surface area contributed by atoms with Gasteiger partial charge in [-0.1, -0.05) is 126 Å². The van der Waals surface area contributed by atoms with Gasteiger partial charge < -0.3 is 55.2 Å². The highest BCUT2D eigenvalue weighted by atomic mass is 31.2. The topological polar surface area (TPSA) is 270 Å². The van der Waals surface area contributed by atoms with Gasteiger partial charge in [0.2, 0.25) is 0 Å². The third-order valence-electron chi connectivity index (χ3n) is 11.9. The third-order valence-corrected chi connectivity index (χ3v) is 12.9. The first kappa shape index (κ1) is 59.6. The van der Waals surface area contributed by atoms with Crippen molar-refractivity contribution < 1.29 is 78.4 Å². The summed E-state index contributed by atoms with van der Waals surface area (Å²) >= 11 is 0. The van der Waals surface area contributed by atoms with Gasteiger partial charge in [-0.3, -0.25) is 18.6 Å². The maximum Gasteiger partial charge on any atom is 0.472 e. The van der Waals surface area contributed by atoms with E-state index in [1.54, 1.807) is 12.2 Å². The molecule has 0 aromatic carbocycles. The molecule has 2 bridgehead atoms. The molecule has 380 valence electrons. The lowest BCUT2D eigenvalue weighted by atomic mass is 9.83. The summed E-state index contributed by atoms with van der Waals surface area (Å²) in [5.41, 5.74) is 0. The lowest BCUT2D eigenvalue weighted by molar-refractivity contribution is -0.167. The van der Waals surface area contributed by atoms with Crippen molar-refractivity contribution in [1.29, 1.82) is 0 Å². The fourth-order valence-corrected chi connectivity index (χ4v) is 8.80. The molecule has 1 fully saturated rings. The lowest BCUT2D eigenvalue weighted by Crippen LogP contribution is -2.55. The SMILES string of the molecule is CCCCCCCC/C=C\C/C=C\C/C=C\CCCC(=O)OC[C@@H]1COP(=O)(O)O[C@H]2[C@H](O)[C@@H](O)[C@H](O)[C@@H](CC=CCCCC(=O)O1)[C@@H](O)C[C@@H](O)[C@H](/C=C/[C@@H](O)CCCCC)[C@@H](O)[C@H]2O. The van der Waals surface area contributed by atoms with Gasteiger partial charge in [-0.05, 0) is 64.2 Å². The molecule has 1 aliphatic heterocycles. The van der Waals surface area contributed by atoms with Crippen molar-refractivity contribution in [2.45, 2.75) is 210 Å². The van der Waals surface area contributed by atoms with Crippen molar-refractivity contribution in [1.82, 2.24) is 0 Å². The smallest absolute Gasteiger partial charge is 0.462 e. The number of allylic oxidation sites excluding steroid dienone is 8. The highest BCUT2D eigenvalue weighted by molar-refractivity contribution is 7.47. The molecule has 9 N–H and O–H groups in total. The normalized spacial score (nSPS) is 31.9. The molecule has 16 nitrogen and oxygen atoms in total. The van der Waals surface area contributed by atoms with Gasteiger partial charge in [0.15, 0.2) is 6.10 Å². The van der Waals surface area contributed by atoms with Gasteiger partial charge in [-0.15, -0.1) is 0 Å². The number of aliphatic hydroxyl groups excluding tert-OH is 8. The first-order valence-electron chi connectivity index (χ1n) is 24.3. The highest BCUT2D eigenvalue weighted by Gasteiger charge is 2.49. The Hall–Kier alpha value is -2.57. The van der Waals surface area contributed by atoms with Crippen LogP contribution >= 0.6 is 7.82 Å². The summed E-state index contributed by atoms with van der Waals surface area (Å²) < 4.78 is 34.6. The van der Waals surface area contributed by atoms with Gasteiger partial charge in [-0.2, -0.15) is 0 Å². The summed E-state index contributed by atoms with van der Waals surface area (Å²) in [5, 5.41) is 89.9. The summed E-state index contributed by atoms with van der Waals surface area (Å²) in [4.78, 5) is 36.4. The molecule has 1 unspecified atom stereocenters. The fourth-order valence-electron chi connectivity index (χ4n) is 7.83. The molecule has 2 aliphatic rings. The van der Waals surface area contributed by atoms with Crippen molar-refractivity contribution >= 4 is 19.8 Å². The van der Waals surface area contributed by atoms with Crippen LogP contribution in [0.3, 0.4) is 0 Å². The Labute approximate surface area is 392 Å². The van der Waals surface area contributed by atoms with Crippen molar-refractivity contribution in [3.63, 3.8) is 0 Å². The number of unbranched alkanes of at least 4 members (excludes halogenated alkanes) is 9. The van der Waals surface area contributed by atoms with Crippen LogP contribution in [0.25, 0.3) is 0 Å². The minimum atomic E-state index is -5.45. The predicted octanol–water partition coefficient (Wildman–Crippen LogP) is 6.10. The van der Waals surface area contributed by atoms with Crippen molar-refractivity contribution in [2.75, 3.05) is 13.2 Å². The van der Waals surface area contributed by atoms with Crippen LogP contribution in [-0.2, 0) is 32.7 Å². The van der Waals surface area contributed by atoms with Crippen LogP contribution in [0.15, 0.2) is 60.8 Å². The number of phosphoric acid groups is 1. The molecule has 1 aliphatic carbocycles. The summed E-state index contributed by atoms with van der Waals surface area (Å²) in [6.45, 7) is 2.78. The minimum absolute atomic E-state index is 0.0353. The van der Waals surface area contributed by atoms with Crippen LogP contribution in [-0.4, -0.2) is 132 Å². The summed E-state index contributed by atoms with van der Waals surface area (Å²) in [5.74, 6) is -4.09. The zero-order valence-electron chi connectivity index (χ0n) is 39.3. The van der Waals surface area contributed by atoms with Crippen molar-refractivity contribution in [3.05, 3.63) is 60.8 Å². The number of hydrogen-bond acceptors (Lipinski definition) is 15. The maximum atomic E-state index is 13.5. The van der Waals surface area contributed by atoms with E-state index in [0.717, 1.165) is 32.1 Å². The molecule has 1 heterocycles. The monoisotopic (exact) mass is 959 g/mol. The minimum Gasteiger partial charge on any atom is -0.462 e. The van der Waals surface area contributed by atoms with Crippen LogP contribution in [0.5, 0.6) is 0 Å². The van der Waals surface area contributed by atoms with Crippen LogP contribution in [0.4, 0.5) is 0 Å². The molecule has 17 heteroatoms. The quantitative estimate of drug-likeness (QED) is 0.0242. The molecule has 0 aromatic heterocycles. The summed E-state index contributed by atoms with van der Waals surface area (Å²) in [6, 6.07) is 0. The zero-order valence-corrected chi connectivity index (χ0v) is 40.2. The molecule has 0 spiro atoms. The predicted molar refractivity (Wildman–Crippen MR) is 251 cm³/mol. The maximum absolute atomic E-state index is 13.5. The number of carbonyl (C=O) groups is 2. The standard InChI is InChI=1S/C49H83O16P/c1-3-5-7-8-9-10-11-12-13-14-15-16-17-18-19-20-25-29-42(53)62-34-37-35-63-66(60,61)65-49-47(58)45(56)39(32-31-36(50)27-23-6-4-2)41(52)33-40(51)38(44(55)46(57)48(49)59)28-24-21-22-26-30-43(54)64-37/h12-13,15-16,18-19,21,24,31-32,36-41,44-52,55-59H,3-11,14,17,20,22-23,25-30,33-35H2,1-2H3,(H,60,61)/b13-12-,16-15-,19-18-,24-21?,32-31+/t36-,37+,38-,39-,40-,41+,44+,45+,46-,47+,48+,49+/m0/s1. The van der Waals surface area contributed by atoms with Gasteiger partial charge >= 0.3 is 19.8 Å². The number of ether oxygens (including phenoxy) is 2. The average Bonchev–Trinajstić information content (AvgIpc) is 3.28. The number of carbonyl (C=O) groups excluding carboxylic acids is 2. The second-order valence-electron chi connectivity index (χ2n) is 17.6. The van der Waals surface area contributed by atoms with Gasteiger partial charge in [0.25, 0.3) is 0 Å². The Kier molecular flexibility index (Phi) is 31.3. The van der Waals surface area contributed by atoms with Crippen LogP contribution in [0, 0.1) is 11.8 Å². The van der Waals surface area contributed by atoms with E-state index in [-0.39, 0.29) is 25.7 Å². The number of fused-ring (bicyclic) bond motifs is 4. The lowest BCUT2D eigenvalue weighted by Gasteiger charge is -2.37. The molecule has 0 radical (unpaired) electrons. The van der Waals surface area contributed by atoms with Crippen LogP contribution < -0.4 is 0 Å². The van der Waals surface area contributed by atoms with E-state index in [9.17, 15) is 59.9 Å². The Morgan fingerprint density at radius 1 is 0.788 bits per heavy atom. The Balaban J connectivity index is 2.14. The molecule has 2 rings (SSSR count). The highest BCUT2D eigenvalue weighted by Crippen LogP contribution is 2.47. The molecule has 13 atom stereocenters. The van der Waals surface area contributed by atoms with Gasteiger partial charge in [0.05, 0.1) is 37.1 Å². The van der Waals surface area contributed by atoms with Gasteiger partial charge in [0.1, 0.15) is 31.0 Å². The number of hydrogen-bond donors (Lipinski definition) is 9. The van der Waals surface area contributed by atoms with E-state index in [1.165, 1.54) is 50.7 Å². The molecule has 1 saturated carbocycles. The number of phosphoric ester groups is 1. The van der Waals surface area contributed by atoms with E-state index >= 15 is 0 Å². The second kappa shape index (κ2) is 34.7. The Bertz CT molecular complexity index is 1520. The van der Waals surface area contributed by atoms with E-state index < -0.39 is 112 Å². The Morgan fingerprint density at radius 3 is 2.11 bits per heavy atom. The average molecular weight is 959 g/mol.